The number of aromatic nitrogens is 4. The fourth-order valence-electron chi connectivity index (χ4n) is 6.05. The number of halogens is 2. The van der Waals surface area contributed by atoms with E-state index in [2.05, 4.69) is 56.7 Å². The molecule has 4 rings (SSSR count). The van der Waals surface area contributed by atoms with Gasteiger partial charge >= 0.3 is 5.97 Å². The number of anilines is 3. The first-order valence-corrected chi connectivity index (χ1v) is 21.3. The zero-order valence-corrected chi connectivity index (χ0v) is 36.0. The van der Waals surface area contributed by atoms with E-state index in [0.29, 0.717) is 49.1 Å². The van der Waals surface area contributed by atoms with Gasteiger partial charge in [-0.3, -0.25) is 33.8 Å². The monoisotopic (exact) mass is 910 g/mol. The molecule has 0 radical (unpaired) electrons. The number of hydrogen-bond donors (Lipinski definition) is 9. The van der Waals surface area contributed by atoms with Gasteiger partial charge in [0.1, 0.15) is 6.04 Å². The maximum absolute atomic E-state index is 12.8. The number of carbonyl (C=O) groups is 6. The number of alkyl halides is 2. The molecule has 63 heavy (non-hydrogen) atoms. The molecule has 22 heteroatoms. The van der Waals surface area contributed by atoms with Crippen LogP contribution in [0.15, 0.2) is 59.5 Å². The Balaban J connectivity index is 1.02. The lowest BCUT2D eigenvalue weighted by molar-refractivity contribution is -0.139. The smallest absolute Gasteiger partial charge is 0.326 e. The van der Waals surface area contributed by atoms with Crippen LogP contribution in [0.5, 0.6) is 0 Å². The van der Waals surface area contributed by atoms with E-state index in [1.165, 1.54) is 18.3 Å². The van der Waals surface area contributed by atoms with Crippen molar-refractivity contribution in [2.24, 2.45) is 0 Å². The van der Waals surface area contributed by atoms with Gasteiger partial charge in [0.2, 0.25) is 29.6 Å². The fraction of sp³-hybridized carbons (Fsp3) is 0.415. The summed E-state index contributed by atoms with van der Waals surface area (Å²) in [7, 11) is 0. The maximum Gasteiger partial charge on any atom is 0.326 e. The van der Waals surface area contributed by atoms with Gasteiger partial charge in [0.25, 0.3) is 11.5 Å². The summed E-state index contributed by atoms with van der Waals surface area (Å²) in [5.41, 5.74) is 8.56. The van der Waals surface area contributed by atoms with E-state index in [1.54, 1.807) is 12.1 Å². The Kier molecular flexibility index (Phi) is 20.3. The first-order valence-electron chi connectivity index (χ1n) is 20.3. The zero-order chi connectivity index (χ0) is 45.6. The molecule has 2 aromatic carbocycles. The van der Waals surface area contributed by atoms with E-state index >= 15 is 0 Å². The quantitative estimate of drug-likeness (QED) is 0.0302. The van der Waals surface area contributed by atoms with Crippen LogP contribution in [0, 0.1) is 0 Å². The lowest BCUT2D eigenvalue weighted by atomic mass is 10.1. The second-order valence-electron chi connectivity index (χ2n) is 14.1. The van der Waals surface area contributed by atoms with Crippen LogP contribution in [-0.2, 0) is 36.9 Å². The van der Waals surface area contributed by atoms with E-state index in [9.17, 15) is 38.7 Å². The molecule has 0 saturated heterocycles. The second kappa shape index (κ2) is 26.1. The number of nitrogens with two attached hydrogens (primary N) is 1. The molecule has 1 atom stereocenters. The van der Waals surface area contributed by atoms with Gasteiger partial charge in [0.05, 0.1) is 18.4 Å². The molecule has 0 bridgehead atoms. The highest BCUT2D eigenvalue weighted by Crippen LogP contribution is 2.17. The molecule has 0 fully saturated rings. The number of amides is 5. The van der Waals surface area contributed by atoms with Crippen molar-refractivity contribution in [3.8, 4) is 0 Å². The van der Waals surface area contributed by atoms with E-state index in [4.69, 9.17) is 28.9 Å². The zero-order valence-electron chi connectivity index (χ0n) is 34.5. The topological polar surface area (TPSA) is 296 Å². The molecule has 338 valence electrons. The predicted octanol–water partition coefficient (Wildman–Crippen LogP) is 1.42. The Bertz CT molecular complexity index is 2220. The number of aromatic amines is 1. The van der Waals surface area contributed by atoms with Crippen molar-refractivity contribution >= 4 is 87.2 Å². The lowest BCUT2D eigenvalue weighted by Gasteiger charge is -2.23. The number of aryl methyl sites for hydroxylation is 1. The average Bonchev–Trinajstić information content (AvgIpc) is 3.26. The Morgan fingerprint density at radius 2 is 1.35 bits per heavy atom. The van der Waals surface area contributed by atoms with Crippen LogP contribution in [0.25, 0.3) is 11.2 Å². The Morgan fingerprint density at radius 1 is 0.762 bits per heavy atom. The van der Waals surface area contributed by atoms with E-state index in [-0.39, 0.29) is 98.8 Å². The summed E-state index contributed by atoms with van der Waals surface area (Å²) in [6, 6.07) is 12.9. The van der Waals surface area contributed by atoms with Crippen LogP contribution < -0.4 is 48.1 Å². The summed E-state index contributed by atoms with van der Waals surface area (Å²) in [6.45, 7) is 2.11. The number of H-pyrrole nitrogens is 1. The van der Waals surface area contributed by atoms with E-state index in [1.807, 2.05) is 24.3 Å². The van der Waals surface area contributed by atoms with Crippen molar-refractivity contribution in [1.82, 2.24) is 46.5 Å². The highest BCUT2D eigenvalue weighted by atomic mass is 35.5. The van der Waals surface area contributed by atoms with Gasteiger partial charge in [-0.15, -0.1) is 23.2 Å². The molecule has 0 unspecified atom stereocenters. The summed E-state index contributed by atoms with van der Waals surface area (Å²) in [6.07, 6.45) is 2.78. The average molecular weight is 912 g/mol. The van der Waals surface area contributed by atoms with Crippen LogP contribution in [0.1, 0.15) is 60.1 Å². The minimum absolute atomic E-state index is 0.00563. The first-order chi connectivity index (χ1) is 30.3. The normalized spacial score (nSPS) is 11.3. The Morgan fingerprint density at radius 3 is 1.95 bits per heavy atom. The highest BCUT2D eigenvalue weighted by molar-refractivity contribution is 6.18. The Hall–Kier alpha value is -6.54. The van der Waals surface area contributed by atoms with Crippen LogP contribution in [0.2, 0.25) is 0 Å². The standard InChI is InChI=1S/C41H52Cl2N12O8/c42-16-22-55(23-17-43)30-10-4-26(5-11-30)2-1-3-32(56)45-18-14-34(58)47-20-21-48-35(59)15-19-46-33(57)13-12-31(40(62)63)52-38(60)27-6-8-28(9-7-27)49-24-29-25-50-37-36(51-29)39(61)54-41(44)53-37/h4-11,25,31,49H,1-3,12-24H2,(H,45,56)(H,46,57)(H,47,58)(H,48,59)(H,52,60)(H,62,63)(H3,44,50,53,54,61)/t31-/m0/s1. The van der Waals surface area contributed by atoms with Crippen molar-refractivity contribution in [2.75, 3.05) is 67.0 Å². The van der Waals surface area contributed by atoms with Crippen LogP contribution in [0.4, 0.5) is 17.3 Å². The fourth-order valence-corrected chi connectivity index (χ4v) is 6.46. The largest absolute Gasteiger partial charge is 0.480 e. The van der Waals surface area contributed by atoms with E-state index < -0.39 is 29.4 Å². The number of nitrogens with zero attached hydrogens (tertiary/aromatic N) is 4. The van der Waals surface area contributed by atoms with Crippen LogP contribution >= 0.6 is 23.2 Å². The molecule has 2 heterocycles. The molecule has 0 aliphatic carbocycles. The number of carboxylic acids is 1. The van der Waals surface area contributed by atoms with Crippen molar-refractivity contribution in [3.05, 3.63) is 81.9 Å². The number of benzene rings is 2. The molecule has 2 aromatic heterocycles. The van der Waals surface area contributed by atoms with Crippen molar-refractivity contribution in [3.63, 3.8) is 0 Å². The number of carboxylic acid groups (broad SMARTS) is 1. The summed E-state index contributed by atoms with van der Waals surface area (Å²) in [5, 5.41) is 25.8. The van der Waals surface area contributed by atoms with Crippen molar-refractivity contribution in [2.45, 2.75) is 57.5 Å². The van der Waals surface area contributed by atoms with Crippen LogP contribution in [0.3, 0.4) is 0 Å². The van der Waals surface area contributed by atoms with Crippen molar-refractivity contribution < 1.29 is 33.9 Å². The Labute approximate surface area is 372 Å². The third kappa shape index (κ3) is 17.4. The summed E-state index contributed by atoms with van der Waals surface area (Å²) >= 11 is 11.8. The van der Waals surface area contributed by atoms with Gasteiger partial charge in [-0.2, -0.15) is 4.98 Å². The van der Waals surface area contributed by atoms with Gasteiger partial charge in [-0.25, -0.2) is 14.8 Å². The first kappa shape index (κ1) is 49.1. The molecular formula is C41H52Cl2N12O8. The van der Waals surface area contributed by atoms with Gasteiger partial charge in [-0.1, -0.05) is 12.1 Å². The van der Waals surface area contributed by atoms with Crippen molar-refractivity contribution in [1.29, 1.82) is 0 Å². The number of rotatable bonds is 27. The molecule has 0 aliphatic heterocycles. The van der Waals surface area contributed by atoms with Gasteiger partial charge < -0.3 is 47.6 Å². The van der Waals surface area contributed by atoms with Gasteiger partial charge in [-0.05, 0) is 61.2 Å². The third-order valence-corrected chi connectivity index (χ3v) is 9.71. The number of fused-ring (bicyclic) bond motifs is 1. The molecule has 0 saturated carbocycles. The molecule has 4 aromatic rings. The molecule has 0 aliphatic rings. The number of nitrogen functional groups attached to an aromatic ring is 1. The number of carbonyl (C=O) groups excluding carboxylic acids is 5. The predicted molar refractivity (Wildman–Crippen MR) is 239 cm³/mol. The minimum Gasteiger partial charge on any atom is -0.480 e. The minimum atomic E-state index is -1.35. The van der Waals surface area contributed by atoms with Crippen LogP contribution in [-0.4, -0.2) is 118 Å². The maximum atomic E-state index is 12.8. The molecule has 5 amide bonds. The highest BCUT2D eigenvalue weighted by Gasteiger charge is 2.22. The summed E-state index contributed by atoms with van der Waals surface area (Å²) in [5.74, 6) is -2.34. The summed E-state index contributed by atoms with van der Waals surface area (Å²) < 4.78 is 0. The molecule has 10 N–H and O–H groups in total. The molecule has 0 spiro atoms. The lowest BCUT2D eigenvalue weighted by Crippen LogP contribution is -2.41. The summed E-state index contributed by atoms with van der Waals surface area (Å²) in [4.78, 5) is 102. The van der Waals surface area contributed by atoms with Gasteiger partial charge in [0.15, 0.2) is 11.2 Å². The number of aliphatic carboxylic acids is 1. The van der Waals surface area contributed by atoms with Gasteiger partial charge in [0, 0.05) is 93.7 Å². The number of hydrogen-bond acceptors (Lipinski definition) is 13. The molecule has 20 nitrogen and oxygen atoms in total. The second-order valence-corrected chi connectivity index (χ2v) is 14.9. The SMILES string of the molecule is Nc1nc2ncc(CNc3ccc(C(=O)N[C@@H](CCC(=O)NCCC(=O)NCCNC(=O)CCNC(=O)CCCc4ccc(N(CCCl)CCCl)cc4)C(=O)O)cc3)nc2c(=O)[nH]1. The number of nitrogens with one attached hydrogen (secondary N) is 7. The third-order valence-electron chi connectivity index (χ3n) is 9.37. The molecular weight excluding hydrogens is 859 g/mol. The van der Waals surface area contributed by atoms with E-state index in [0.717, 1.165) is 17.7 Å².